The van der Waals surface area contributed by atoms with E-state index in [-0.39, 0.29) is 0 Å². The monoisotopic (exact) mass is 247 g/mol. The number of hydrogen-bond acceptors (Lipinski definition) is 2. The fourth-order valence-corrected chi connectivity index (χ4v) is 2.97. The Morgan fingerprint density at radius 2 is 2.17 bits per heavy atom. The first-order valence-corrected chi connectivity index (χ1v) is 7.03. The minimum atomic E-state index is 0.552. The first-order chi connectivity index (χ1) is 8.63. The second-order valence-corrected chi connectivity index (χ2v) is 5.64. The molecule has 0 saturated carbocycles. The van der Waals surface area contributed by atoms with Gasteiger partial charge < -0.3 is 10.1 Å². The lowest BCUT2D eigenvalue weighted by Gasteiger charge is -2.21. The lowest BCUT2D eigenvalue weighted by molar-refractivity contribution is 0.402. The average Bonchev–Trinajstić information content (AvgIpc) is 2.82. The molecule has 0 aromatic heterocycles. The van der Waals surface area contributed by atoms with Crippen LogP contribution >= 0.6 is 0 Å². The van der Waals surface area contributed by atoms with Gasteiger partial charge in [0.15, 0.2) is 0 Å². The Morgan fingerprint density at radius 1 is 1.39 bits per heavy atom. The van der Waals surface area contributed by atoms with Gasteiger partial charge in [0.1, 0.15) is 5.75 Å². The van der Waals surface area contributed by atoms with Crippen LogP contribution in [0.15, 0.2) is 12.1 Å². The molecular weight excluding hydrogens is 222 g/mol. The molecule has 1 unspecified atom stereocenters. The molecule has 1 aliphatic rings. The van der Waals surface area contributed by atoms with Crippen molar-refractivity contribution in [3.63, 3.8) is 0 Å². The van der Waals surface area contributed by atoms with Gasteiger partial charge in [0.25, 0.3) is 0 Å². The van der Waals surface area contributed by atoms with Gasteiger partial charge in [0.2, 0.25) is 0 Å². The number of methoxy groups -OCH3 is 1. The molecule has 0 radical (unpaired) electrons. The average molecular weight is 247 g/mol. The van der Waals surface area contributed by atoms with Crippen LogP contribution in [0.5, 0.6) is 5.75 Å². The molecular formula is C16H25NO. The molecule has 0 bridgehead atoms. The first kappa shape index (κ1) is 13.4. The summed E-state index contributed by atoms with van der Waals surface area (Å²) in [6.07, 6.45) is 3.68. The SMILES string of the molecule is COc1c(C)ccc(C(C)C)c1CC1CCCN1. The molecule has 1 atom stereocenters. The minimum absolute atomic E-state index is 0.552. The number of aryl methyl sites for hydroxylation is 1. The van der Waals surface area contributed by atoms with Gasteiger partial charge in [-0.15, -0.1) is 0 Å². The van der Waals surface area contributed by atoms with E-state index in [4.69, 9.17) is 4.74 Å². The first-order valence-electron chi connectivity index (χ1n) is 7.03. The zero-order chi connectivity index (χ0) is 13.1. The molecule has 2 rings (SSSR count). The summed E-state index contributed by atoms with van der Waals surface area (Å²) in [5.41, 5.74) is 4.09. The summed E-state index contributed by atoms with van der Waals surface area (Å²) >= 11 is 0. The fraction of sp³-hybridized carbons (Fsp3) is 0.625. The Kier molecular flexibility index (Phi) is 4.28. The second kappa shape index (κ2) is 5.75. The van der Waals surface area contributed by atoms with E-state index < -0.39 is 0 Å². The molecule has 1 aromatic rings. The molecule has 100 valence electrons. The quantitative estimate of drug-likeness (QED) is 0.880. The van der Waals surface area contributed by atoms with E-state index in [2.05, 4.69) is 38.2 Å². The molecule has 0 spiro atoms. The molecule has 2 heteroatoms. The van der Waals surface area contributed by atoms with Crippen molar-refractivity contribution >= 4 is 0 Å². The topological polar surface area (TPSA) is 21.3 Å². The van der Waals surface area contributed by atoms with Crippen LogP contribution in [-0.4, -0.2) is 19.7 Å². The number of rotatable bonds is 4. The fourth-order valence-electron chi connectivity index (χ4n) is 2.97. The molecule has 1 aliphatic heterocycles. The Hall–Kier alpha value is -1.02. The van der Waals surface area contributed by atoms with Gasteiger partial charge in [-0.25, -0.2) is 0 Å². The summed E-state index contributed by atoms with van der Waals surface area (Å²) in [4.78, 5) is 0. The summed E-state index contributed by atoms with van der Waals surface area (Å²) in [6.45, 7) is 7.82. The smallest absolute Gasteiger partial charge is 0.125 e. The van der Waals surface area contributed by atoms with E-state index >= 15 is 0 Å². The van der Waals surface area contributed by atoms with Crippen LogP contribution in [0.1, 0.15) is 49.3 Å². The van der Waals surface area contributed by atoms with Gasteiger partial charge in [0, 0.05) is 6.04 Å². The summed E-state index contributed by atoms with van der Waals surface area (Å²) < 4.78 is 5.65. The lowest BCUT2D eigenvalue weighted by Crippen LogP contribution is -2.24. The number of ether oxygens (including phenoxy) is 1. The lowest BCUT2D eigenvalue weighted by atomic mass is 9.90. The van der Waals surface area contributed by atoms with Crippen molar-refractivity contribution in [2.45, 2.75) is 52.0 Å². The van der Waals surface area contributed by atoms with Gasteiger partial charge in [-0.2, -0.15) is 0 Å². The van der Waals surface area contributed by atoms with E-state index in [0.717, 1.165) is 18.7 Å². The summed E-state index contributed by atoms with van der Waals surface area (Å²) in [5.74, 6) is 1.64. The molecule has 1 saturated heterocycles. The summed E-state index contributed by atoms with van der Waals surface area (Å²) in [7, 11) is 1.79. The highest BCUT2D eigenvalue weighted by molar-refractivity contribution is 5.47. The van der Waals surface area contributed by atoms with Gasteiger partial charge in [-0.3, -0.25) is 0 Å². The molecule has 1 aromatic carbocycles. The van der Waals surface area contributed by atoms with Crippen molar-refractivity contribution < 1.29 is 4.74 Å². The highest BCUT2D eigenvalue weighted by Gasteiger charge is 2.20. The van der Waals surface area contributed by atoms with Crippen molar-refractivity contribution in [2.75, 3.05) is 13.7 Å². The summed E-state index contributed by atoms with van der Waals surface area (Å²) in [5, 5.41) is 3.59. The van der Waals surface area contributed by atoms with Crippen molar-refractivity contribution in [1.82, 2.24) is 5.32 Å². The van der Waals surface area contributed by atoms with Crippen LogP contribution in [0.2, 0.25) is 0 Å². The van der Waals surface area contributed by atoms with E-state index in [0.29, 0.717) is 12.0 Å². The van der Waals surface area contributed by atoms with Gasteiger partial charge in [-0.1, -0.05) is 26.0 Å². The third-order valence-corrected chi connectivity index (χ3v) is 3.93. The Morgan fingerprint density at radius 3 is 2.72 bits per heavy atom. The van der Waals surface area contributed by atoms with Gasteiger partial charge in [-0.05, 0) is 55.3 Å². The number of nitrogens with one attached hydrogen (secondary N) is 1. The van der Waals surface area contributed by atoms with Crippen LogP contribution in [0, 0.1) is 6.92 Å². The zero-order valence-corrected chi connectivity index (χ0v) is 12.0. The maximum atomic E-state index is 5.65. The molecule has 0 amide bonds. The highest BCUT2D eigenvalue weighted by Crippen LogP contribution is 2.33. The minimum Gasteiger partial charge on any atom is -0.496 e. The molecule has 1 N–H and O–H groups in total. The van der Waals surface area contributed by atoms with E-state index in [1.165, 1.54) is 29.5 Å². The molecule has 0 aliphatic carbocycles. The summed E-state index contributed by atoms with van der Waals surface area (Å²) in [6, 6.07) is 5.07. The molecule has 1 heterocycles. The predicted octanol–water partition coefficient (Wildman–Crippen LogP) is 3.42. The van der Waals surface area contributed by atoms with Gasteiger partial charge in [0.05, 0.1) is 7.11 Å². The Labute approximate surface area is 111 Å². The third-order valence-electron chi connectivity index (χ3n) is 3.93. The van der Waals surface area contributed by atoms with Gasteiger partial charge >= 0.3 is 0 Å². The maximum Gasteiger partial charge on any atom is 0.125 e. The van der Waals surface area contributed by atoms with E-state index in [9.17, 15) is 0 Å². The molecule has 1 fully saturated rings. The maximum absolute atomic E-state index is 5.65. The molecule has 18 heavy (non-hydrogen) atoms. The Bertz CT molecular complexity index is 406. The zero-order valence-electron chi connectivity index (χ0n) is 12.0. The van der Waals surface area contributed by atoms with Crippen molar-refractivity contribution in [3.8, 4) is 5.75 Å². The Balaban J connectivity index is 2.36. The number of benzene rings is 1. The van der Waals surface area contributed by atoms with Crippen molar-refractivity contribution in [2.24, 2.45) is 0 Å². The predicted molar refractivity (Wildman–Crippen MR) is 76.5 cm³/mol. The largest absolute Gasteiger partial charge is 0.496 e. The van der Waals surface area contributed by atoms with Crippen molar-refractivity contribution in [3.05, 3.63) is 28.8 Å². The number of hydrogen-bond donors (Lipinski definition) is 1. The highest BCUT2D eigenvalue weighted by atomic mass is 16.5. The molecule has 2 nitrogen and oxygen atoms in total. The van der Waals surface area contributed by atoms with Crippen LogP contribution in [0.25, 0.3) is 0 Å². The van der Waals surface area contributed by atoms with Crippen LogP contribution < -0.4 is 10.1 Å². The van der Waals surface area contributed by atoms with Crippen molar-refractivity contribution in [1.29, 1.82) is 0 Å². The van der Waals surface area contributed by atoms with E-state index in [1.807, 2.05) is 0 Å². The van der Waals surface area contributed by atoms with Crippen LogP contribution in [0.4, 0.5) is 0 Å². The third kappa shape index (κ3) is 2.69. The standard InChI is InChI=1S/C16H25NO/c1-11(2)14-8-7-12(3)16(18-4)15(14)10-13-6-5-9-17-13/h7-8,11,13,17H,5-6,9-10H2,1-4H3. The second-order valence-electron chi connectivity index (χ2n) is 5.64. The van der Waals surface area contributed by atoms with Crippen LogP contribution in [-0.2, 0) is 6.42 Å². The normalized spacial score (nSPS) is 19.5. The van der Waals surface area contributed by atoms with E-state index in [1.54, 1.807) is 7.11 Å². The van der Waals surface area contributed by atoms with Crippen LogP contribution in [0.3, 0.4) is 0 Å².